The number of hydrogen-bond donors (Lipinski definition) is 1. The fraction of sp³-hybridized carbons (Fsp3) is 0.0122. The van der Waals surface area contributed by atoms with Gasteiger partial charge in [-0.2, -0.15) is 0 Å². The number of anilines is 6. The van der Waals surface area contributed by atoms with E-state index in [-0.39, 0.29) is 0 Å². The van der Waals surface area contributed by atoms with Gasteiger partial charge in [-0.25, -0.2) is 4.98 Å². The first-order valence-corrected chi connectivity index (χ1v) is 33.6. The zero-order valence-electron chi connectivity index (χ0n) is 48.5. The van der Waals surface area contributed by atoms with Crippen LogP contribution >= 0.6 is 45.3 Å². The van der Waals surface area contributed by atoms with Crippen molar-refractivity contribution in [2.75, 3.05) is 9.80 Å². The number of thiophene rings is 4. The van der Waals surface area contributed by atoms with Crippen molar-refractivity contribution in [3.05, 3.63) is 313 Å². The van der Waals surface area contributed by atoms with Gasteiger partial charge in [0.15, 0.2) is 0 Å². The number of rotatable bonds is 11. The molecular weight excluding hydrogens is 1170 g/mol. The molecule has 0 amide bonds. The van der Waals surface area contributed by atoms with Crippen LogP contribution in [0.1, 0.15) is 16.0 Å². The predicted octanol–water partition coefficient (Wildman–Crippen LogP) is 24.5. The van der Waals surface area contributed by atoms with Gasteiger partial charge in [-0.15, -0.1) is 45.3 Å². The Morgan fingerprint density at radius 1 is 0.300 bits per heavy atom. The van der Waals surface area contributed by atoms with Crippen molar-refractivity contribution in [2.45, 2.75) is 6.54 Å². The molecule has 424 valence electrons. The Morgan fingerprint density at radius 3 is 1.47 bits per heavy atom. The minimum Gasteiger partial charge on any atom is -0.385 e. The second kappa shape index (κ2) is 21.7. The van der Waals surface area contributed by atoms with Crippen molar-refractivity contribution in [3.8, 4) is 44.8 Å². The van der Waals surface area contributed by atoms with E-state index in [0.29, 0.717) is 0 Å². The summed E-state index contributed by atoms with van der Waals surface area (Å²) >= 11 is 7.42. The lowest BCUT2D eigenvalue weighted by Crippen LogP contribution is -2.12. The van der Waals surface area contributed by atoms with Crippen LogP contribution in [0.4, 0.5) is 34.1 Å². The van der Waals surface area contributed by atoms with Gasteiger partial charge < -0.3 is 15.1 Å². The van der Waals surface area contributed by atoms with Crippen LogP contribution < -0.4 is 15.1 Å². The molecule has 0 atom stereocenters. The number of nitrogens with one attached hydrogen (secondary N) is 1. The Kier molecular flexibility index (Phi) is 12.7. The smallest absolute Gasteiger partial charge is 0.0888 e. The molecular formula is C82H52N4S4. The average molecular weight is 1220 g/mol. The second-order valence-electron chi connectivity index (χ2n) is 23.0. The van der Waals surface area contributed by atoms with E-state index in [1.165, 1.54) is 103 Å². The lowest BCUT2D eigenvalue weighted by Gasteiger charge is -2.27. The van der Waals surface area contributed by atoms with Gasteiger partial charge in [0.05, 0.1) is 26.5 Å². The summed E-state index contributed by atoms with van der Waals surface area (Å²) < 4.78 is 8.87. The van der Waals surface area contributed by atoms with Crippen LogP contribution in [0.25, 0.3) is 121 Å². The summed E-state index contributed by atoms with van der Waals surface area (Å²) in [5, 5.41) is 12.5. The Hall–Kier alpha value is -10.5. The highest BCUT2D eigenvalue weighted by molar-refractivity contribution is 7.27. The molecule has 5 aromatic heterocycles. The third kappa shape index (κ3) is 9.01. The molecule has 0 aliphatic carbocycles. The molecule has 90 heavy (non-hydrogen) atoms. The lowest BCUT2D eigenvalue weighted by atomic mass is 9.94. The largest absolute Gasteiger partial charge is 0.385 e. The molecule has 17 aromatic rings. The molecule has 0 radical (unpaired) electrons. The quantitative estimate of drug-likeness (QED) is 0.140. The maximum absolute atomic E-state index is 5.64. The summed E-state index contributed by atoms with van der Waals surface area (Å²) in [6.07, 6.45) is 2.20. The van der Waals surface area contributed by atoms with Crippen LogP contribution in [0, 0.1) is 0 Å². The number of hydrogen-bond acceptors (Lipinski definition) is 8. The Morgan fingerprint density at radius 2 is 0.778 bits per heavy atom. The zero-order chi connectivity index (χ0) is 59.2. The highest BCUT2D eigenvalue weighted by atomic mass is 32.1. The minimum atomic E-state index is 0.847. The van der Waals surface area contributed by atoms with Crippen LogP contribution in [0.2, 0.25) is 0 Å². The SMILES string of the molecule is C1=C(c2ccc(N(c3ccc(-c4cccc(-c5nc(-c6ccc(N(c7ccc(-c8ccccc8)cc7)c7ccc8c(c7)sc7ccccc78)cc6)cc6c5sc5ccccc56)c4)cc3)c3cccc4c3sc3ccccc34)cc2)c2c(sc3ccccc23)CN1. The summed E-state index contributed by atoms with van der Waals surface area (Å²) in [5.41, 5.74) is 19.1. The average Bonchev–Trinajstić information content (AvgIpc) is 1.63. The van der Waals surface area contributed by atoms with E-state index in [9.17, 15) is 0 Å². The summed E-state index contributed by atoms with van der Waals surface area (Å²) in [4.78, 5) is 11.8. The van der Waals surface area contributed by atoms with Crippen molar-refractivity contribution in [1.29, 1.82) is 0 Å². The summed E-state index contributed by atoms with van der Waals surface area (Å²) in [7, 11) is 0. The number of benzene rings is 12. The monoisotopic (exact) mass is 1220 g/mol. The summed E-state index contributed by atoms with van der Waals surface area (Å²) in [5.74, 6) is 0. The van der Waals surface area contributed by atoms with Crippen LogP contribution in [0.15, 0.2) is 297 Å². The molecule has 6 heterocycles. The topological polar surface area (TPSA) is 31.4 Å². The molecule has 4 nitrogen and oxygen atoms in total. The molecule has 0 spiro atoms. The van der Waals surface area contributed by atoms with E-state index in [4.69, 9.17) is 4.98 Å². The molecule has 0 saturated carbocycles. The highest BCUT2D eigenvalue weighted by Gasteiger charge is 2.24. The molecule has 1 aliphatic rings. The summed E-state index contributed by atoms with van der Waals surface area (Å²) in [6.45, 7) is 0.847. The van der Waals surface area contributed by atoms with Gasteiger partial charge in [-0.1, -0.05) is 188 Å². The van der Waals surface area contributed by atoms with Crippen LogP contribution in [0.5, 0.6) is 0 Å². The number of fused-ring (bicyclic) bond motifs is 12. The van der Waals surface area contributed by atoms with E-state index >= 15 is 0 Å². The Balaban J connectivity index is 0.706. The summed E-state index contributed by atoms with van der Waals surface area (Å²) in [6, 6.07) is 107. The number of pyridine rings is 1. The molecule has 0 bridgehead atoms. The lowest BCUT2D eigenvalue weighted by molar-refractivity contribution is 0.872. The molecule has 0 unspecified atom stereocenters. The molecule has 0 fully saturated rings. The van der Waals surface area contributed by atoms with E-state index in [1.54, 1.807) is 0 Å². The van der Waals surface area contributed by atoms with Crippen molar-refractivity contribution in [1.82, 2.24) is 10.3 Å². The third-order valence-corrected chi connectivity index (χ3v) is 22.4. The van der Waals surface area contributed by atoms with Crippen molar-refractivity contribution < 1.29 is 0 Å². The van der Waals surface area contributed by atoms with E-state index in [2.05, 4.69) is 313 Å². The molecule has 0 saturated heterocycles. The van der Waals surface area contributed by atoms with Gasteiger partial charge in [0.25, 0.3) is 0 Å². The second-order valence-corrected chi connectivity index (χ2v) is 27.3. The Labute approximate surface area is 536 Å². The molecule has 8 heteroatoms. The van der Waals surface area contributed by atoms with Crippen LogP contribution in [-0.4, -0.2) is 4.98 Å². The molecule has 1 N–H and O–H groups in total. The van der Waals surface area contributed by atoms with E-state index in [1.807, 2.05) is 45.3 Å². The van der Waals surface area contributed by atoms with Gasteiger partial charge in [0.1, 0.15) is 0 Å². The first kappa shape index (κ1) is 52.7. The number of aromatic nitrogens is 1. The van der Waals surface area contributed by atoms with Crippen LogP contribution in [0.3, 0.4) is 0 Å². The third-order valence-electron chi connectivity index (χ3n) is 17.7. The maximum Gasteiger partial charge on any atom is 0.0888 e. The van der Waals surface area contributed by atoms with E-state index < -0.39 is 0 Å². The fourth-order valence-corrected chi connectivity index (χ4v) is 18.1. The van der Waals surface area contributed by atoms with Crippen molar-refractivity contribution in [2.24, 2.45) is 0 Å². The minimum absolute atomic E-state index is 0.847. The first-order valence-electron chi connectivity index (χ1n) is 30.3. The van der Waals surface area contributed by atoms with Gasteiger partial charge in [0, 0.05) is 130 Å². The van der Waals surface area contributed by atoms with Gasteiger partial charge in [-0.05, 0) is 131 Å². The molecule has 1 aliphatic heterocycles. The van der Waals surface area contributed by atoms with Crippen molar-refractivity contribution >= 4 is 156 Å². The van der Waals surface area contributed by atoms with Gasteiger partial charge in [0.2, 0.25) is 0 Å². The maximum atomic E-state index is 5.64. The Bertz CT molecular complexity index is 5660. The molecule has 12 aromatic carbocycles. The van der Waals surface area contributed by atoms with Crippen LogP contribution in [-0.2, 0) is 6.54 Å². The zero-order valence-corrected chi connectivity index (χ0v) is 51.7. The van der Waals surface area contributed by atoms with Crippen molar-refractivity contribution in [3.63, 3.8) is 0 Å². The normalized spacial score (nSPS) is 12.3. The highest BCUT2D eigenvalue weighted by Crippen LogP contribution is 2.49. The van der Waals surface area contributed by atoms with E-state index in [0.717, 1.165) is 74.3 Å². The standard InChI is InChI=1S/C82H52N4S4/c1-2-14-51(15-3-1)52-28-36-58(37-29-52)85(62-44-45-66-63-18-4-8-24-73(63)87-77(66)47-62)59-42-34-55(35-43-59)71-48-69-65-20-6-10-26-75(65)90-82(69)80(84-71)57-17-12-16-56(46-57)53-30-38-60(39-31-53)86(72-23-13-22-67-64-19-5-9-25-74(64)89-81(67)72)61-40-32-54(33-41-61)70-49-83-50-78-79(70)68-21-7-11-27-76(68)88-78/h1-49,83H,50H2. The fourth-order valence-electron chi connectivity index (χ4n) is 13.4. The molecule has 18 rings (SSSR count). The first-order chi connectivity index (χ1) is 44.6. The van der Waals surface area contributed by atoms with Gasteiger partial charge >= 0.3 is 0 Å². The van der Waals surface area contributed by atoms with Gasteiger partial charge in [-0.3, -0.25) is 0 Å². The predicted molar refractivity (Wildman–Crippen MR) is 390 cm³/mol. The number of nitrogens with zero attached hydrogens (tertiary/aromatic N) is 3.